The van der Waals surface area contributed by atoms with Gasteiger partial charge in [-0.15, -0.1) is 24.0 Å². The molecule has 0 aliphatic heterocycles. The third kappa shape index (κ3) is 8.78. The molecule has 2 rings (SSSR count). The molecule has 0 heterocycles. The highest BCUT2D eigenvalue weighted by Gasteiger charge is 2.28. The van der Waals surface area contributed by atoms with E-state index in [2.05, 4.69) is 15.6 Å². The third-order valence-corrected chi connectivity index (χ3v) is 4.15. The summed E-state index contributed by atoms with van der Waals surface area (Å²) < 4.78 is 47.7. The first-order chi connectivity index (χ1) is 13.8. The fourth-order valence-corrected chi connectivity index (χ4v) is 2.71. The maximum Gasteiger partial charge on any atom is 0.422 e. The van der Waals surface area contributed by atoms with Crippen LogP contribution in [0.4, 0.5) is 13.2 Å². The van der Waals surface area contributed by atoms with E-state index in [9.17, 15) is 13.2 Å². The van der Waals surface area contributed by atoms with Gasteiger partial charge in [-0.25, -0.2) is 0 Å². The Morgan fingerprint density at radius 1 is 1.00 bits per heavy atom. The minimum Gasteiger partial charge on any atom is -0.484 e. The van der Waals surface area contributed by atoms with Crippen molar-refractivity contribution in [3.8, 4) is 5.75 Å². The van der Waals surface area contributed by atoms with Crippen molar-refractivity contribution in [3.05, 3.63) is 64.7 Å². The van der Waals surface area contributed by atoms with Crippen LogP contribution in [-0.4, -0.2) is 32.9 Å². The number of hydrogen-bond acceptors (Lipinski definition) is 3. The number of hydrogen-bond donors (Lipinski definition) is 2. The molecule has 0 saturated carbocycles. The maximum absolute atomic E-state index is 12.5. The summed E-state index contributed by atoms with van der Waals surface area (Å²) >= 11 is 0. The smallest absolute Gasteiger partial charge is 0.422 e. The van der Waals surface area contributed by atoms with E-state index in [0.29, 0.717) is 24.7 Å². The molecule has 0 fully saturated rings. The van der Waals surface area contributed by atoms with Crippen molar-refractivity contribution < 1.29 is 22.6 Å². The van der Waals surface area contributed by atoms with Crippen LogP contribution < -0.4 is 15.4 Å². The number of nitrogens with zero attached hydrogens (tertiary/aromatic N) is 1. The molecular weight excluding hydrogens is 510 g/mol. The largest absolute Gasteiger partial charge is 0.484 e. The van der Waals surface area contributed by atoms with E-state index in [4.69, 9.17) is 9.47 Å². The van der Waals surface area contributed by atoms with Gasteiger partial charge in [0.1, 0.15) is 5.75 Å². The second kappa shape index (κ2) is 12.6. The lowest BCUT2D eigenvalue weighted by Gasteiger charge is -2.17. The van der Waals surface area contributed by atoms with Crippen molar-refractivity contribution in [1.29, 1.82) is 0 Å². The predicted octanol–water partition coefficient (Wildman–Crippen LogP) is 4.57. The number of ether oxygens (including phenoxy) is 2. The molecule has 0 aromatic heterocycles. The highest BCUT2D eigenvalue weighted by Crippen LogP contribution is 2.23. The van der Waals surface area contributed by atoms with Gasteiger partial charge in [0.25, 0.3) is 0 Å². The predicted molar refractivity (Wildman–Crippen MR) is 122 cm³/mol. The van der Waals surface area contributed by atoms with Gasteiger partial charge in [-0.2, -0.15) is 13.2 Å². The molecule has 0 aliphatic rings. The molecule has 0 spiro atoms. The average Bonchev–Trinajstić information content (AvgIpc) is 2.68. The molecule has 0 unspecified atom stereocenters. The summed E-state index contributed by atoms with van der Waals surface area (Å²) in [6.45, 7) is 1.78. The first-order valence-electron chi connectivity index (χ1n) is 9.11. The molecule has 2 aromatic rings. The van der Waals surface area contributed by atoms with Crippen molar-refractivity contribution in [1.82, 2.24) is 10.6 Å². The van der Waals surface area contributed by atoms with Crippen molar-refractivity contribution in [3.63, 3.8) is 0 Å². The molecule has 0 radical (unpaired) electrons. The molecule has 0 atom stereocenters. The summed E-state index contributed by atoms with van der Waals surface area (Å²) in [5.74, 6) is 0.732. The van der Waals surface area contributed by atoms with Gasteiger partial charge in [0.2, 0.25) is 0 Å². The molecule has 0 aliphatic carbocycles. The Morgan fingerprint density at radius 3 is 2.23 bits per heavy atom. The Bertz CT molecular complexity index is 829. The lowest BCUT2D eigenvalue weighted by Crippen LogP contribution is -2.36. The van der Waals surface area contributed by atoms with Crippen LogP contribution >= 0.6 is 24.0 Å². The molecule has 2 aromatic carbocycles. The number of halogens is 4. The van der Waals surface area contributed by atoms with Gasteiger partial charge in [-0.3, -0.25) is 4.99 Å². The quantitative estimate of drug-likeness (QED) is 0.295. The Morgan fingerprint density at radius 2 is 1.63 bits per heavy atom. The van der Waals surface area contributed by atoms with Gasteiger partial charge in [0.15, 0.2) is 12.6 Å². The molecule has 166 valence electrons. The van der Waals surface area contributed by atoms with Gasteiger partial charge in [0.05, 0.1) is 6.61 Å². The Labute approximate surface area is 192 Å². The van der Waals surface area contributed by atoms with E-state index in [1.807, 2.05) is 30.3 Å². The Hall–Kier alpha value is -2.01. The summed E-state index contributed by atoms with van der Waals surface area (Å²) in [4.78, 5) is 4.17. The standard InChI is InChI=1S/C21H26F3N3O2.HI/c1-15-8-9-17(19(10-15)29-14-21(22,23)24)12-27-20(25-2)26-11-16-6-4-5-7-18(16)13-28-3;/h4-10H,11-14H2,1-3H3,(H2,25,26,27);1H. The molecule has 5 nitrogen and oxygen atoms in total. The van der Waals surface area contributed by atoms with E-state index >= 15 is 0 Å². The van der Waals surface area contributed by atoms with E-state index < -0.39 is 12.8 Å². The fourth-order valence-electron chi connectivity index (χ4n) is 2.71. The minimum absolute atomic E-state index is 0. The Balaban J connectivity index is 0.00000450. The lowest BCUT2D eigenvalue weighted by atomic mass is 10.1. The Kier molecular flexibility index (Phi) is 11.0. The van der Waals surface area contributed by atoms with Crippen molar-refractivity contribution in [2.45, 2.75) is 32.8 Å². The van der Waals surface area contributed by atoms with Crippen LogP contribution in [0, 0.1) is 6.92 Å². The first-order valence-corrected chi connectivity index (χ1v) is 9.11. The number of aryl methyl sites for hydroxylation is 1. The molecule has 9 heteroatoms. The third-order valence-electron chi connectivity index (χ3n) is 4.15. The first kappa shape index (κ1) is 26.0. The molecule has 2 N–H and O–H groups in total. The zero-order chi connectivity index (χ0) is 21.3. The van der Waals surface area contributed by atoms with Gasteiger partial charge >= 0.3 is 6.18 Å². The van der Waals surface area contributed by atoms with Crippen LogP contribution in [0.2, 0.25) is 0 Å². The van der Waals surface area contributed by atoms with Crippen LogP contribution in [0.1, 0.15) is 22.3 Å². The number of nitrogens with one attached hydrogen (secondary N) is 2. The number of benzene rings is 2. The zero-order valence-corrected chi connectivity index (χ0v) is 19.5. The fraction of sp³-hybridized carbons (Fsp3) is 0.381. The summed E-state index contributed by atoms with van der Waals surface area (Å²) in [6, 6.07) is 13.1. The molecule has 0 bridgehead atoms. The molecular formula is C21H27F3IN3O2. The van der Waals surface area contributed by atoms with E-state index in [1.165, 1.54) is 0 Å². The van der Waals surface area contributed by atoms with Gasteiger partial charge in [-0.05, 0) is 29.7 Å². The summed E-state index contributed by atoms with van der Waals surface area (Å²) in [5, 5.41) is 6.32. The number of guanidine groups is 1. The monoisotopic (exact) mass is 537 g/mol. The summed E-state index contributed by atoms with van der Waals surface area (Å²) in [7, 11) is 3.28. The van der Waals surface area contributed by atoms with E-state index in [-0.39, 0.29) is 36.3 Å². The van der Waals surface area contributed by atoms with Crippen LogP contribution in [0.3, 0.4) is 0 Å². The van der Waals surface area contributed by atoms with Crippen LogP contribution in [-0.2, 0) is 24.4 Å². The number of alkyl halides is 3. The normalized spacial score (nSPS) is 11.6. The minimum atomic E-state index is -4.39. The average molecular weight is 537 g/mol. The van der Waals surface area contributed by atoms with Crippen LogP contribution in [0.5, 0.6) is 5.75 Å². The maximum atomic E-state index is 12.5. The van der Waals surface area contributed by atoms with Gasteiger partial charge in [0, 0.05) is 32.8 Å². The number of methoxy groups -OCH3 is 1. The van der Waals surface area contributed by atoms with Crippen molar-refractivity contribution in [2.24, 2.45) is 4.99 Å². The SMILES string of the molecule is CN=C(NCc1ccccc1COC)NCc1ccc(C)cc1OCC(F)(F)F.I. The highest BCUT2D eigenvalue weighted by atomic mass is 127. The second-order valence-corrected chi connectivity index (χ2v) is 6.50. The van der Waals surface area contributed by atoms with E-state index in [1.54, 1.807) is 33.2 Å². The zero-order valence-electron chi connectivity index (χ0n) is 17.2. The number of rotatable bonds is 8. The number of aliphatic imine (C=N–C) groups is 1. The lowest BCUT2D eigenvalue weighted by molar-refractivity contribution is -0.153. The van der Waals surface area contributed by atoms with Crippen molar-refractivity contribution >= 4 is 29.9 Å². The molecule has 0 amide bonds. The summed E-state index contributed by atoms with van der Waals surface area (Å²) in [5.41, 5.74) is 3.58. The van der Waals surface area contributed by atoms with E-state index in [0.717, 1.165) is 16.7 Å². The highest BCUT2D eigenvalue weighted by molar-refractivity contribution is 14.0. The second-order valence-electron chi connectivity index (χ2n) is 6.50. The van der Waals surface area contributed by atoms with Crippen molar-refractivity contribution in [2.75, 3.05) is 20.8 Å². The van der Waals surface area contributed by atoms with Gasteiger partial charge in [-0.1, -0.05) is 36.4 Å². The topological polar surface area (TPSA) is 54.9 Å². The summed E-state index contributed by atoms with van der Waals surface area (Å²) in [6.07, 6.45) is -4.39. The van der Waals surface area contributed by atoms with Crippen LogP contribution in [0.15, 0.2) is 47.5 Å². The molecule has 0 saturated heterocycles. The van der Waals surface area contributed by atoms with Crippen LogP contribution in [0.25, 0.3) is 0 Å². The van der Waals surface area contributed by atoms with Gasteiger partial charge < -0.3 is 20.1 Å². The molecule has 30 heavy (non-hydrogen) atoms.